The summed E-state index contributed by atoms with van der Waals surface area (Å²) in [6, 6.07) is 7.43. The van der Waals surface area contributed by atoms with Gasteiger partial charge in [-0.1, -0.05) is 29.3 Å². The van der Waals surface area contributed by atoms with Crippen molar-refractivity contribution in [1.82, 2.24) is 9.97 Å². The first kappa shape index (κ1) is 13.5. The SMILES string of the molecule is CNc1nc(Nc2cccc(Cl)c2Cl)cc(C2CC2)n1. The Balaban J connectivity index is 1.93. The second-order valence-corrected chi connectivity index (χ2v) is 5.54. The van der Waals surface area contributed by atoms with Gasteiger partial charge in [-0.2, -0.15) is 4.98 Å². The van der Waals surface area contributed by atoms with Crippen molar-refractivity contribution in [3.8, 4) is 0 Å². The molecular formula is C14H14Cl2N4. The van der Waals surface area contributed by atoms with Gasteiger partial charge < -0.3 is 10.6 Å². The van der Waals surface area contributed by atoms with Crippen molar-refractivity contribution in [2.24, 2.45) is 0 Å². The Morgan fingerprint density at radius 1 is 1.20 bits per heavy atom. The Bertz CT molecular complexity index is 641. The zero-order chi connectivity index (χ0) is 14.1. The van der Waals surface area contributed by atoms with Gasteiger partial charge in [-0.25, -0.2) is 4.98 Å². The summed E-state index contributed by atoms with van der Waals surface area (Å²) in [5.41, 5.74) is 1.80. The van der Waals surface area contributed by atoms with Crippen LogP contribution in [-0.4, -0.2) is 17.0 Å². The van der Waals surface area contributed by atoms with Gasteiger partial charge in [-0.05, 0) is 25.0 Å². The summed E-state index contributed by atoms with van der Waals surface area (Å²) >= 11 is 12.2. The first-order valence-electron chi connectivity index (χ1n) is 6.45. The maximum atomic E-state index is 6.18. The molecule has 104 valence electrons. The second kappa shape index (κ2) is 5.46. The molecule has 4 nitrogen and oxygen atoms in total. The summed E-state index contributed by atoms with van der Waals surface area (Å²) in [5, 5.41) is 7.19. The number of nitrogens with one attached hydrogen (secondary N) is 2. The molecule has 1 aliphatic rings. The Hall–Kier alpha value is -1.52. The van der Waals surface area contributed by atoms with E-state index in [0.29, 0.717) is 21.9 Å². The summed E-state index contributed by atoms with van der Waals surface area (Å²) in [7, 11) is 1.81. The summed E-state index contributed by atoms with van der Waals surface area (Å²) in [6.07, 6.45) is 2.38. The molecule has 0 atom stereocenters. The molecule has 20 heavy (non-hydrogen) atoms. The molecule has 0 bridgehead atoms. The van der Waals surface area contributed by atoms with Crippen LogP contribution in [0.3, 0.4) is 0 Å². The van der Waals surface area contributed by atoms with E-state index in [4.69, 9.17) is 23.2 Å². The van der Waals surface area contributed by atoms with Gasteiger partial charge in [0, 0.05) is 19.0 Å². The topological polar surface area (TPSA) is 49.8 Å². The predicted octanol–water partition coefficient (Wildman–Crippen LogP) is 4.45. The Morgan fingerprint density at radius 3 is 2.70 bits per heavy atom. The molecule has 1 aliphatic carbocycles. The lowest BCUT2D eigenvalue weighted by Crippen LogP contribution is -2.03. The van der Waals surface area contributed by atoms with E-state index in [2.05, 4.69) is 20.6 Å². The molecule has 1 aromatic heterocycles. The van der Waals surface area contributed by atoms with E-state index in [1.807, 2.05) is 25.2 Å². The lowest BCUT2D eigenvalue weighted by Gasteiger charge is -2.11. The van der Waals surface area contributed by atoms with Crippen molar-refractivity contribution >= 4 is 40.7 Å². The average Bonchev–Trinajstić information content (AvgIpc) is 3.28. The highest BCUT2D eigenvalue weighted by Crippen LogP contribution is 2.40. The third-order valence-electron chi connectivity index (χ3n) is 3.18. The molecule has 1 fully saturated rings. The number of aromatic nitrogens is 2. The fourth-order valence-corrected chi connectivity index (χ4v) is 2.32. The number of hydrogen-bond donors (Lipinski definition) is 2. The van der Waals surface area contributed by atoms with Crippen molar-refractivity contribution in [2.75, 3.05) is 17.7 Å². The number of nitrogens with zero attached hydrogens (tertiary/aromatic N) is 2. The minimum Gasteiger partial charge on any atom is -0.357 e. The van der Waals surface area contributed by atoms with Crippen LogP contribution in [0.25, 0.3) is 0 Å². The van der Waals surface area contributed by atoms with Gasteiger partial charge in [-0.15, -0.1) is 0 Å². The quantitative estimate of drug-likeness (QED) is 0.876. The van der Waals surface area contributed by atoms with E-state index in [9.17, 15) is 0 Å². The highest BCUT2D eigenvalue weighted by molar-refractivity contribution is 6.43. The highest BCUT2D eigenvalue weighted by Gasteiger charge is 2.26. The van der Waals surface area contributed by atoms with Crippen LogP contribution >= 0.6 is 23.2 Å². The van der Waals surface area contributed by atoms with E-state index in [1.54, 1.807) is 6.07 Å². The van der Waals surface area contributed by atoms with Crippen molar-refractivity contribution in [3.05, 3.63) is 40.0 Å². The second-order valence-electron chi connectivity index (χ2n) is 4.75. The van der Waals surface area contributed by atoms with Crippen LogP contribution in [-0.2, 0) is 0 Å². The molecule has 0 amide bonds. The third kappa shape index (κ3) is 2.81. The van der Waals surface area contributed by atoms with E-state index in [0.717, 1.165) is 17.2 Å². The van der Waals surface area contributed by atoms with Gasteiger partial charge in [-0.3, -0.25) is 0 Å². The monoisotopic (exact) mass is 308 g/mol. The fourth-order valence-electron chi connectivity index (χ4n) is 1.97. The first-order valence-corrected chi connectivity index (χ1v) is 7.20. The number of hydrogen-bond acceptors (Lipinski definition) is 4. The van der Waals surface area contributed by atoms with Gasteiger partial charge in [0.25, 0.3) is 0 Å². The summed E-state index contributed by atoms with van der Waals surface area (Å²) in [5.74, 6) is 1.88. The smallest absolute Gasteiger partial charge is 0.224 e. The summed E-state index contributed by atoms with van der Waals surface area (Å²) in [6.45, 7) is 0. The van der Waals surface area contributed by atoms with Crippen molar-refractivity contribution in [2.45, 2.75) is 18.8 Å². The highest BCUT2D eigenvalue weighted by atomic mass is 35.5. The Labute approximate surface area is 127 Å². The van der Waals surface area contributed by atoms with Crippen LogP contribution in [0, 0.1) is 0 Å². The van der Waals surface area contributed by atoms with Gasteiger partial charge in [0.1, 0.15) is 5.82 Å². The molecule has 3 rings (SSSR count). The van der Waals surface area contributed by atoms with Gasteiger partial charge >= 0.3 is 0 Å². The van der Waals surface area contributed by atoms with Crippen LogP contribution in [0.5, 0.6) is 0 Å². The minimum atomic E-state index is 0.492. The van der Waals surface area contributed by atoms with Crippen LogP contribution in [0.4, 0.5) is 17.5 Å². The Kier molecular flexibility index (Phi) is 3.68. The molecule has 0 aliphatic heterocycles. The minimum absolute atomic E-state index is 0.492. The van der Waals surface area contributed by atoms with Crippen LogP contribution in [0.15, 0.2) is 24.3 Å². The molecular weight excluding hydrogens is 295 g/mol. The molecule has 1 saturated carbocycles. The molecule has 1 aromatic carbocycles. The largest absolute Gasteiger partial charge is 0.357 e. The van der Waals surface area contributed by atoms with Crippen LogP contribution < -0.4 is 10.6 Å². The third-order valence-corrected chi connectivity index (χ3v) is 4.00. The van der Waals surface area contributed by atoms with Gasteiger partial charge in [0.05, 0.1) is 21.4 Å². The van der Waals surface area contributed by atoms with E-state index < -0.39 is 0 Å². The van der Waals surface area contributed by atoms with Crippen LogP contribution in [0.1, 0.15) is 24.5 Å². The predicted molar refractivity (Wildman–Crippen MR) is 83.3 cm³/mol. The molecule has 1 heterocycles. The average molecular weight is 309 g/mol. The number of halogens is 2. The lowest BCUT2D eigenvalue weighted by atomic mass is 10.2. The van der Waals surface area contributed by atoms with Crippen molar-refractivity contribution in [1.29, 1.82) is 0 Å². The zero-order valence-corrected chi connectivity index (χ0v) is 12.5. The molecule has 0 spiro atoms. The van der Waals surface area contributed by atoms with Gasteiger partial charge in [0.15, 0.2) is 0 Å². The molecule has 2 aromatic rings. The van der Waals surface area contributed by atoms with Gasteiger partial charge in [0.2, 0.25) is 5.95 Å². The Morgan fingerprint density at radius 2 is 2.00 bits per heavy atom. The number of rotatable bonds is 4. The maximum Gasteiger partial charge on any atom is 0.224 e. The molecule has 0 radical (unpaired) electrons. The molecule has 0 unspecified atom stereocenters. The van der Waals surface area contributed by atoms with Crippen LogP contribution in [0.2, 0.25) is 10.0 Å². The fraction of sp³-hybridized carbons (Fsp3) is 0.286. The first-order chi connectivity index (χ1) is 9.67. The maximum absolute atomic E-state index is 6.18. The van der Waals surface area contributed by atoms with Crippen molar-refractivity contribution < 1.29 is 0 Å². The van der Waals surface area contributed by atoms with E-state index >= 15 is 0 Å². The standard InChI is InChI=1S/C14H14Cl2N4/c1-17-14-19-11(8-5-6-8)7-12(20-14)18-10-4-2-3-9(15)13(10)16/h2-4,7-8H,5-6H2,1H3,(H2,17,18,19,20). The normalized spacial score (nSPS) is 14.2. The lowest BCUT2D eigenvalue weighted by molar-refractivity contribution is 0.991. The summed E-state index contributed by atoms with van der Waals surface area (Å²) < 4.78 is 0. The van der Waals surface area contributed by atoms with Crippen molar-refractivity contribution in [3.63, 3.8) is 0 Å². The van der Waals surface area contributed by atoms with E-state index in [-0.39, 0.29) is 0 Å². The summed E-state index contributed by atoms with van der Waals surface area (Å²) in [4.78, 5) is 8.87. The molecule has 6 heteroatoms. The van der Waals surface area contributed by atoms with E-state index in [1.165, 1.54) is 12.8 Å². The number of anilines is 3. The molecule has 0 saturated heterocycles. The number of benzene rings is 1. The zero-order valence-electron chi connectivity index (χ0n) is 11.0. The molecule has 2 N–H and O–H groups in total.